The first-order chi connectivity index (χ1) is 14.3. The molecular weight excluding hydrogens is 473 g/mol. The molecule has 1 heterocycles. The zero-order valence-corrected chi connectivity index (χ0v) is 19.0. The first-order valence-corrected chi connectivity index (χ1v) is 11.0. The SMILES string of the molecule is Cc1ccc(Cl)cc1N1CCC(CNC(=O)CCNC(=O)c2cc(F)ccc2Br)C1. The topological polar surface area (TPSA) is 61.4 Å². The van der Waals surface area contributed by atoms with Crippen LogP contribution in [0.25, 0.3) is 0 Å². The second-order valence-electron chi connectivity index (χ2n) is 7.47. The minimum absolute atomic E-state index is 0.119. The number of hydrogen-bond acceptors (Lipinski definition) is 3. The lowest BCUT2D eigenvalue weighted by atomic mass is 10.1. The molecule has 1 aliphatic heterocycles. The minimum Gasteiger partial charge on any atom is -0.371 e. The number of aryl methyl sites for hydroxylation is 1. The van der Waals surface area contributed by atoms with Crippen molar-refractivity contribution in [2.24, 2.45) is 5.92 Å². The van der Waals surface area contributed by atoms with Gasteiger partial charge in [-0.25, -0.2) is 4.39 Å². The van der Waals surface area contributed by atoms with E-state index >= 15 is 0 Å². The summed E-state index contributed by atoms with van der Waals surface area (Å²) in [6, 6.07) is 9.80. The Bertz CT molecular complexity index is 941. The molecule has 2 amide bonds. The van der Waals surface area contributed by atoms with Gasteiger partial charge in [0, 0.05) is 47.8 Å². The largest absolute Gasteiger partial charge is 0.371 e. The Hall–Kier alpha value is -2.12. The van der Waals surface area contributed by atoms with Gasteiger partial charge in [0.2, 0.25) is 5.91 Å². The molecule has 2 aromatic rings. The number of anilines is 1. The zero-order valence-electron chi connectivity index (χ0n) is 16.7. The summed E-state index contributed by atoms with van der Waals surface area (Å²) in [4.78, 5) is 26.6. The predicted octanol–water partition coefficient (Wildman–Crippen LogP) is 4.31. The van der Waals surface area contributed by atoms with Gasteiger partial charge in [-0.1, -0.05) is 17.7 Å². The summed E-state index contributed by atoms with van der Waals surface area (Å²) in [5.74, 6) is -0.659. The number of amides is 2. The number of carbonyl (C=O) groups is 2. The molecule has 0 saturated carbocycles. The predicted molar refractivity (Wildman–Crippen MR) is 121 cm³/mol. The van der Waals surface area contributed by atoms with Crippen LogP contribution >= 0.6 is 27.5 Å². The smallest absolute Gasteiger partial charge is 0.252 e. The van der Waals surface area contributed by atoms with Gasteiger partial charge in [0.25, 0.3) is 5.91 Å². The molecule has 0 spiro atoms. The molecule has 0 bridgehead atoms. The number of benzene rings is 2. The number of halogens is 3. The summed E-state index contributed by atoms with van der Waals surface area (Å²) < 4.78 is 13.8. The van der Waals surface area contributed by atoms with Crippen LogP contribution < -0.4 is 15.5 Å². The van der Waals surface area contributed by atoms with Crippen molar-refractivity contribution in [2.75, 3.05) is 31.1 Å². The number of carbonyl (C=O) groups excluding carboxylic acids is 2. The molecular formula is C22H24BrClFN3O2. The molecule has 2 aromatic carbocycles. The number of hydrogen-bond donors (Lipinski definition) is 2. The highest BCUT2D eigenvalue weighted by Crippen LogP contribution is 2.29. The average molecular weight is 497 g/mol. The number of rotatable bonds is 7. The van der Waals surface area contributed by atoms with Crippen LogP contribution in [0.4, 0.5) is 10.1 Å². The molecule has 0 aromatic heterocycles. The molecule has 1 atom stereocenters. The average Bonchev–Trinajstić information content (AvgIpc) is 3.18. The molecule has 5 nitrogen and oxygen atoms in total. The third kappa shape index (κ3) is 5.95. The van der Waals surface area contributed by atoms with Crippen LogP contribution in [0.1, 0.15) is 28.8 Å². The van der Waals surface area contributed by atoms with Gasteiger partial charge in [0.05, 0.1) is 5.56 Å². The Morgan fingerprint density at radius 1 is 1.23 bits per heavy atom. The molecule has 1 unspecified atom stereocenters. The summed E-state index contributed by atoms with van der Waals surface area (Å²) >= 11 is 9.35. The van der Waals surface area contributed by atoms with E-state index in [4.69, 9.17) is 11.6 Å². The summed E-state index contributed by atoms with van der Waals surface area (Å²) in [6.07, 6.45) is 1.17. The van der Waals surface area contributed by atoms with E-state index < -0.39 is 11.7 Å². The summed E-state index contributed by atoms with van der Waals surface area (Å²) in [7, 11) is 0. The molecule has 1 saturated heterocycles. The molecule has 160 valence electrons. The van der Waals surface area contributed by atoms with Crippen LogP contribution in [0, 0.1) is 18.7 Å². The molecule has 1 aliphatic rings. The van der Waals surface area contributed by atoms with Gasteiger partial charge < -0.3 is 15.5 Å². The maximum absolute atomic E-state index is 13.3. The quantitative estimate of drug-likeness (QED) is 0.600. The van der Waals surface area contributed by atoms with E-state index in [0.29, 0.717) is 16.9 Å². The van der Waals surface area contributed by atoms with Crippen LogP contribution in [0.5, 0.6) is 0 Å². The summed E-state index contributed by atoms with van der Waals surface area (Å²) in [6.45, 7) is 4.65. The molecule has 3 rings (SSSR count). The van der Waals surface area contributed by atoms with Gasteiger partial charge in [-0.3, -0.25) is 9.59 Å². The first kappa shape index (κ1) is 22.6. The number of nitrogens with one attached hydrogen (secondary N) is 2. The Morgan fingerprint density at radius 2 is 2.03 bits per heavy atom. The first-order valence-electron chi connectivity index (χ1n) is 9.84. The molecule has 0 radical (unpaired) electrons. The Balaban J connectivity index is 1.39. The Labute approximate surface area is 189 Å². The second kappa shape index (κ2) is 10.3. The fraction of sp³-hybridized carbons (Fsp3) is 0.364. The van der Waals surface area contributed by atoms with E-state index in [0.717, 1.165) is 36.3 Å². The summed E-state index contributed by atoms with van der Waals surface area (Å²) in [5, 5.41) is 6.32. The summed E-state index contributed by atoms with van der Waals surface area (Å²) in [5.41, 5.74) is 2.53. The van der Waals surface area contributed by atoms with Crippen molar-refractivity contribution >= 4 is 45.0 Å². The van der Waals surface area contributed by atoms with Crippen LogP contribution in [0.15, 0.2) is 40.9 Å². The molecule has 30 heavy (non-hydrogen) atoms. The second-order valence-corrected chi connectivity index (χ2v) is 8.76. The van der Waals surface area contributed by atoms with Crippen molar-refractivity contribution in [3.8, 4) is 0 Å². The van der Waals surface area contributed by atoms with Crippen LogP contribution in [0.2, 0.25) is 5.02 Å². The van der Waals surface area contributed by atoms with Gasteiger partial charge >= 0.3 is 0 Å². The minimum atomic E-state index is -0.486. The van der Waals surface area contributed by atoms with Gasteiger partial charge in [0.1, 0.15) is 5.82 Å². The van der Waals surface area contributed by atoms with Crippen molar-refractivity contribution in [3.05, 3.63) is 62.8 Å². The monoisotopic (exact) mass is 495 g/mol. The molecule has 8 heteroatoms. The van der Waals surface area contributed by atoms with E-state index in [1.807, 2.05) is 18.2 Å². The van der Waals surface area contributed by atoms with Gasteiger partial charge in [0.15, 0.2) is 0 Å². The Morgan fingerprint density at radius 3 is 2.83 bits per heavy atom. The highest BCUT2D eigenvalue weighted by atomic mass is 79.9. The fourth-order valence-corrected chi connectivity index (χ4v) is 4.14. The van der Waals surface area contributed by atoms with Crippen LogP contribution in [0.3, 0.4) is 0 Å². The third-order valence-corrected chi connectivity index (χ3v) is 6.12. The van der Waals surface area contributed by atoms with Crippen molar-refractivity contribution in [1.82, 2.24) is 10.6 Å². The zero-order chi connectivity index (χ0) is 21.7. The molecule has 1 fully saturated rings. The highest BCUT2D eigenvalue weighted by Gasteiger charge is 2.24. The molecule has 0 aliphatic carbocycles. The van der Waals surface area contributed by atoms with Crippen molar-refractivity contribution in [2.45, 2.75) is 19.8 Å². The van der Waals surface area contributed by atoms with E-state index in [-0.39, 0.29) is 24.4 Å². The van der Waals surface area contributed by atoms with Gasteiger partial charge in [-0.15, -0.1) is 0 Å². The van der Waals surface area contributed by atoms with Crippen molar-refractivity contribution in [3.63, 3.8) is 0 Å². The maximum Gasteiger partial charge on any atom is 0.252 e. The van der Waals surface area contributed by atoms with Crippen LogP contribution in [-0.4, -0.2) is 38.0 Å². The third-order valence-electron chi connectivity index (χ3n) is 5.20. The lowest BCUT2D eigenvalue weighted by Gasteiger charge is -2.21. The van der Waals surface area contributed by atoms with E-state index in [2.05, 4.69) is 38.4 Å². The van der Waals surface area contributed by atoms with Crippen LogP contribution in [-0.2, 0) is 4.79 Å². The van der Waals surface area contributed by atoms with E-state index in [1.54, 1.807) is 0 Å². The normalized spacial score (nSPS) is 15.9. The lowest BCUT2D eigenvalue weighted by molar-refractivity contribution is -0.121. The van der Waals surface area contributed by atoms with Crippen molar-refractivity contribution < 1.29 is 14.0 Å². The van der Waals surface area contributed by atoms with E-state index in [1.165, 1.54) is 17.7 Å². The van der Waals surface area contributed by atoms with Gasteiger partial charge in [-0.2, -0.15) is 0 Å². The molecule has 2 N–H and O–H groups in total. The lowest BCUT2D eigenvalue weighted by Crippen LogP contribution is -2.34. The Kier molecular flexibility index (Phi) is 7.72. The van der Waals surface area contributed by atoms with Crippen molar-refractivity contribution in [1.29, 1.82) is 0 Å². The maximum atomic E-state index is 13.3. The van der Waals surface area contributed by atoms with E-state index in [9.17, 15) is 14.0 Å². The highest BCUT2D eigenvalue weighted by molar-refractivity contribution is 9.10. The standard InChI is InChI=1S/C22H24BrClFN3O2/c1-14-2-3-16(24)10-20(14)28-9-7-15(13-28)12-27-21(29)6-8-26-22(30)18-11-17(25)4-5-19(18)23/h2-5,10-11,15H,6-9,12-13H2,1H3,(H,26,30)(H,27,29). The van der Waals surface area contributed by atoms with Gasteiger partial charge in [-0.05, 0) is 71.1 Å². The fourth-order valence-electron chi connectivity index (χ4n) is 3.54. The number of nitrogens with zero attached hydrogens (tertiary/aromatic N) is 1.